The van der Waals surface area contributed by atoms with Gasteiger partial charge in [-0.2, -0.15) is 0 Å². The van der Waals surface area contributed by atoms with Crippen molar-refractivity contribution in [2.24, 2.45) is 0 Å². The molecular formula is C12H12FNO2. The second-order valence-electron chi connectivity index (χ2n) is 3.97. The number of nitrogens with one attached hydrogen (secondary N) is 1. The molecule has 1 aliphatic heterocycles. The quantitative estimate of drug-likeness (QED) is 0.769. The standard InChI is InChI=1S/C12H12FNO2/c1-2-12(7-10(15)14-11(12)16)8-5-3-4-6-9(8)13/h3-6H,2,7H2,1H3,(H,14,15,16). The smallest absolute Gasteiger partial charge is 0.237 e. The Labute approximate surface area is 92.7 Å². The minimum absolute atomic E-state index is 0.0310. The minimum atomic E-state index is -1.03. The first kappa shape index (κ1) is 10.8. The van der Waals surface area contributed by atoms with Gasteiger partial charge in [0.1, 0.15) is 5.82 Å². The maximum Gasteiger partial charge on any atom is 0.237 e. The molecule has 0 aromatic heterocycles. The third-order valence-electron chi connectivity index (χ3n) is 3.14. The molecule has 3 nitrogen and oxygen atoms in total. The van der Waals surface area contributed by atoms with E-state index < -0.39 is 17.1 Å². The van der Waals surface area contributed by atoms with Crippen molar-refractivity contribution < 1.29 is 14.0 Å². The Bertz CT molecular complexity index is 458. The van der Waals surface area contributed by atoms with Gasteiger partial charge >= 0.3 is 0 Å². The number of halogens is 1. The lowest BCUT2D eigenvalue weighted by Crippen LogP contribution is -2.35. The van der Waals surface area contributed by atoms with Gasteiger partial charge in [0.15, 0.2) is 0 Å². The number of imide groups is 1. The Kier molecular flexibility index (Phi) is 2.50. The molecular weight excluding hydrogens is 209 g/mol. The van der Waals surface area contributed by atoms with Crippen molar-refractivity contribution in [3.63, 3.8) is 0 Å². The van der Waals surface area contributed by atoms with Gasteiger partial charge in [0.25, 0.3) is 0 Å². The van der Waals surface area contributed by atoms with E-state index in [9.17, 15) is 14.0 Å². The number of hydrogen-bond acceptors (Lipinski definition) is 2. The summed E-state index contributed by atoms with van der Waals surface area (Å²) in [5, 5.41) is 2.24. The molecule has 1 saturated heterocycles. The first-order valence-electron chi connectivity index (χ1n) is 5.19. The fourth-order valence-corrected chi connectivity index (χ4v) is 2.19. The summed E-state index contributed by atoms with van der Waals surface area (Å²) in [5.74, 6) is -1.17. The van der Waals surface area contributed by atoms with Crippen LogP contribution in [0.25, 0.3) is 0 Å². The second kappa shape index (κ2) is 3.70. The molecule has 1 N–H and O–H groups in total. The number of carbonyl (C=O) groups is 2. The van der Waals surface area contributed by atoms with Crippen LogP contribution >= 0.6 is 0 Å². The number of rotatable bonds is 2. The number of hydrogen-bond donors (Lipinski definition) is 1. The van der Waals surface area contributed by atoms with E-state index in [1.54, 1.807) is 25.1 Å². The van der Waals surface area contributed by atoms with Crippen molar-refractivity contribution in [2.75, 3.05) is 0 Å². The molecule has 1 aliphatic rings. The van der Waals surface area contributed by atoms with Crippen molar-refractivity contribution in [1.82, 2.24) is 5.32 Å². The van der Waals surface area contributed by atoms with Crippen LogP contribution in [0, 0.1) is 5.82 Å². The maximum absolute atomic E-state index is 13.7. The van der Waals surface area contributed by atoms with E-state index in [4.69, 9.17) is 0 Å². The van der Waals surface area contributed by atoms with E-state index in [0.717, 1.165) is 0 Å². The zero-order chi connectivity index (χ0) is 11.8. The minimum Gasteiger partial charge on any atom is -0.296 e. The van der Waals surface area contributed by atoms with E-state index in [1.807, 2.05) is 0 Å². The molecule has 0 spiro atoms. The van der Waals surface area contributed by atoms with Crippen LogP contribution in [0.15, 0.2) is 24.3 Å². The van der Waals surface area contributed by atoms with Gasteiger partial charge in [-0.05, 0) is 12.5 Å². The first-order chi connectivity index (χ1) is 7.60. The molecule has 84 valence electrons. The molecule has 0 saturated carbocycles. The van der Waals surface area contributed by atoms with Gasteiger partial charge < -0.3 is 0 Å². The van der Waals surface area contributed by atoms with Gasteiger partial charge in [0.05, 0.1) is 5.41 Å². The summed E-state index contributed by atoms with van der Waals surface area (Å²) >= 11 is 0. The highest BCUT2D eigenvalue weighted by Gasteiger charge is 2.47. The van der Waals surface area contributed by atoms with Gasteiger partial charge in [0.2, 0.25) is 11.8 Å². The van der Waals surface area contributed by atoms with Crippen molar-refractivity contribution in [3.8, 4) is 0 Å². The molecule has 1 aromatic carbocycles. The van der Waals surface area contributed by atoms with Crippen LogP contribution in [0.3, 0.4) is 0 Å². The molecule has 2 amide bonds. The maximum atomic E-state index is 13.7. The van der Waals surface area contributed by atoms with E-state index in [2.05, 4.69) is 5.32 Å². The van der Waals surface area contributed by atoms with Crippen molar-refractivity contribution in [2.45, 2.75) is 25.2 Å². The van der Waals surface area contributed by atoms with E-state index in [1.165, 1.54) is 6.07 Å². The monoisotopic (exact) mass is 221 g/mol. The van der Waals surface area contributed by atoms with Gasteiger partial charge in [-0.1, -0.05) is 25.1 Å². The molecule has 1 aromatic rings. The highest BCUT2D eigenvalue weighted by molar-refractivity contribution is 6.09. The van der Waals surface area contributed by atoms with E-state index in [0.29, 0.717) is 12.0 Å². The average Bonchev–Trinajstić information content (AvgIpc) is 2.55. The lowest BCUT2D eigenvalue weighted by atomic mass is 9.76. The summed E-state index contributed by atoms with van der Waals surface area (Å²) < 4.78 is 13.7. The van der Waals surface area contributed by atoms with Crippen LogP contribution in [-0.2, 0) is 15.0 Å². The molecule has 1 heterocycles. The van der Waals surface area contributed by atoms with Crippen LogP contribution in [0.5, 0.6) is 0 Å². The number of amides is 2. The summed E-state index contributed by atoms with van der Waals surface area (Å²) in [7, 11) is 0. The SMILES string of the molecule is CCC1(c2ccccc2F)CC(=O)NC1=O. The molecule has 1 fully saturated rings. The molecule has 2 rings (SSSR count). The number of benzene rings is 1. The topological polar surface area (TPSA) is 46.2 Å². The summed E-state index contributed by atoms with van der Waals surface area (Å²) in [6.07, 6.45) is 0.439. The van der Waals surface area contributed by atoms with Crippen LogP contribution < -0.4 is 5.32 Å². The van der Waals surface area contributed by atoms with E-state index >= 15 is 0 Å². The fourth-order valence-electron chi connectivity index (χ4n) is 2.19. The Morgan fingerprint density at radius 3 is 2.56 bits per heavy atom. The highest BCUT2D eigenvalue weighted by Crippen LogP contribution is 2.36. The van der Waals surface area contributed by atoms with Crippen LogP contribution in [-0.4, -0.2) is 11.8 Å². The van der Waals surface area contributed by atoms with E-state index in [-0.39, 0.29) is 12.3 Å². The molecule has 0 aliphatic carbocycles. The lowest BCUT2D eigenvalue weighted by Gasteiger charge is -2.24. The largest absolute Gasteiger partial charge is 0.296 e. The van der Waals surface area contributed by atoms with Crippen LogP contribution in [0.2, 0.25) is 0 Å². The molecule has 4 heteroatoms. The molecule has 1 atom stereocenters. The van der Waals surface area contributed by atoms with Gasteiger partial charge in [-0.25, -0.2) is 4.39 Å². The Morgan fingerprint density at radius 1 is 1.38 bits per heavy atom. The van der Waals surface area contributed by atoms with Crippen molar-refractivity contribution >= 4 is 11.8 Å². The number of carbonyl (C=O) groups excluding carboxylic acids is 2. The third-order valence-corrected chi connectivity index (χ3v) is 3.14. The lowest BCUT2D eigenvalue weighted by molar-refractivity contribution is -0.126. The summed E-state index contributed by atoms with van der Waals surface area (Å²) in [4.78, 5) is 23.0. The zero-order valence-corrected chi connectivity index (χ0v) is 8.92. The Balaban J connectivity index is 2.55. The summed E-state index contributed by atoms with van der Waals surface area (Å²) in [5.41, 5.74) is -0.719. The first-order valence-corrected chi connectivity index (χ1v) is 5.19. The predicted molar refractivity (Wildman–Crippen MR) is 56.1 cm³/mol. The summed E-state index contributed by atoms with van der Waals surface area (Å²) in [6, 6.07) is 6.11. The average molecular weight is 221 g/mol. The molecule has 0 radical (unpaired) electrons. The third kappa shape index (κ3) is 1.41. The van der Waals surface area contributed by atoms with Gasteiger partial charge in [0, 0.05) is 12.0 Å². The second-order valence-corrected chi connectivity index (χ2v) is 3.97. The Hall–Kier alpha value is -1.71. The summed E-state index contributed by atoms with van der Waals surface area (Å²) in [6.45, 7) is 1.78. The molecule has 0 bridgehead atoms. The van der Waals surface area contributed by atoms with Gasteiger partial charge in [-0.3, -0.25) is 14.9 Å². The highest BCUT2D eigenvalue weighted by atomic mass is 19.1. The Morgan fingerprint density at radius 2 is 2.06 bits per heavy atom. The van der Waals surface area contributed by atoms with Crippen LogP contribution in [0.4, 0.5) is 4.39 Å². The van der Waals surface area contributed by atoms with Crippen LogP contribution in [0.1, 0.15) is 25.3 Å². The zero-order valence-electron chi connectivity index (χ0n) is 8.92. The fraction of sp³-hybridized carbons (Fsp3) is 0.333. The normalized spacial score (nSPS) is 24.6. The predicted octanol–water partition coefficient (Wildman–Crippen LogP) is 1.52. The van der Waals surface area contributed by atoms with Gasteiger partial charge in [-0.15, -0.1) is 0 Å². The van der Waals surface area contributed by atoms with Crippen molar-refractivity contribution in [3.05, 3.63) is 35.6 Å². The van der Waals surface area contributed by atoms with Crippen molar-refractivity contribution in [1.29, 1.82) is 0 Å². The molecule has 1 unspecified atom stereocenters. The molecule has 16 heavy (non-hydrogen) atoms.